The number of nitrogens with zero attached hydrogens (tertiary/aromatic N) is 1. The summed E-state index contributed by atoms with van der Waals surface area (Å²) in [5.41, 5.74) is 2.92. The topological polar surface area (TPSA) is 40.7 Å². The van der Waals surface area contributed by atoms with E-state index in [9.17, 15) is 4.39 Å². The highest BCUT2D eigenvalue weighted by atomic mass is 19.1. The Morgan fingerprint density at radius 2 is 2.11 bits per heavy atom. The molecular formula is C14H12FN3. The van der Waals surface area contributed by atoms with Gasteiger partial charge in [-0.1, -0.05) is 12.1 Å². The Kier molecular flexibility index (Phi) is 2.68. The lowest BCUT2D eigenvalue weighted by Crippen LogP contribution is -1.99. The minimum absolute atomic E-state index is 0.209. The second kappa shape index (κ2) is 4.49. The molecule has 0 aliphatic rings. The fraction of sp³-hybridized carbons (Fsp3) is 0.0714. The smallest absolute Gasteiger partial charge is 0.123 e. The molecule has 18 heavy (non-hydrogen) atoms. The minimum Gasteiger partial charge on any atom is -0.381 e. The molecule has 1 aromatic heterocycles. The first-order valence-corrected chi connectivity index (χ1v) is 5.73. The number of H-pyrrole nitrogens is 1. The summed E-state index contributed by atoms with van der Waals surface area (Å²) in [4.78, 5) is 0. The lowest BCUT2D eigenvalue weighted by molar-refractivity contribution is 0.626. The molecule has 2 aromatic carbocycles. The van der Waals surface area contributed by atoms with E-state index in [1.165, 1.54) is 12.1 Å². The Morgan fingerprint density at radius 1 is 1.17 bits per heavy atom. The van der Waals surface area contributed by atoms with Gasteiger partial charge in [0.15, 0.2) is 0 Å². The standard InChI is InChI=1S/C14H12FN3/c15-12-3-1-2-10(6-12)8-16-13-4-5-14-11(7-13)9-17-18-14/h1-7,9,16H,8H2,(H,17,18). The van der Waals surface area contributed by atoms with Crippen LogP contribution in [0, 0.1) is 5.82 Å². The van der Waals surface area contributed by atoms with Gasteiger partial charge in [0.2, 0.25) is 0 Å². The van der Waals surface area contributed by atoms with Crippen molar-refractivity contribution in [1.82, 2.24) is 10.2 Å². The van der Waals surface area contributed by atoms with E-state index in [0.717, 1.165) is 22.2 Å². The van der Waals surface area contributed by atoms with Gasteiger partial charge >= 0.3 is 0 Å². The van der Waals surface area contributed by atoms with E-state index in [4.69, 9.17) is 0 Å². The first kappa shape index (κ1) is 10.8. The largest absolute Gasteiger partial charge is 0.381 e. The van der Waals surface area contributed by atoms with Crippen molar-refractivity contribution in [2.75, 3.05) is 5.32 Å². The molecule has 2 N–H and O–H groups in total. The van der Waals surface area contributed by atoms with E-state index >= 15 is 0 Å². The van der Waals surface area contributed by atoms with Crippen molar-refractivity contribution >= 4 is 16.6 Å². The van der Waals surface area contributed by atoms with E-state index in [2.05, 4.69) is 15.5 Å². The Morgan fingerprint density at radius 3 is 3.00 bits per heavy atom. The van der Waals surface area contributed by atoms with Crippen LogP contribution in [0.3, 0.4) is 0 Å². The van der Waals surface area contributed by atoms with Crippen molar-refractivity contribution < 1.29 is 4.39 Å². The lowest BCUT2D eigenvalue weighted by atomic mass is 10.2. The predicted molar refractivity (Wildman–Crippen MR) is 69.8 cm³/mol. The molecule has 0 amide bonds. The third kappa shape index (κ3) is 2.18. The zero-order valence-corrected chi connectivity index (χ0v) is 9.65. The summed E-state index contributed by atoms with van der Waals surface area (Å²) in [5.74, 6) is -0.209. The number of hydrogen-bond donors (Lipinski definition) is 2. The first-order valence-electron chi connectivity index (χ1n) is 5.73. The van der Waals surface area contributed by atoms with Gasteiger partial charge in [0.25, 0.3) is 0 Å². The molecule has 4 heteroatoms. The van der Waals surface area contributed by atoms with Crippen molar-refractivity contribution in [2.45, 2.75) is 6.54 Å². The normalized spacial score (nSPS) is 10.7. The summed E-state index contributed by atoms with van der Waals surface area (Å²) in [5, 5.41) is 11.2. The Labute approximate surface area is 104 Å². The highest BCUT2D eigenvalue weighted by Crippen LogP contribution is 2.17. The van der Waals surface area contributed by atoms with Crippen molar-refractivity contribution in [3.63, 3.8) is 0 Å². The average molecular weight is 241 g/mol. The molecule has 0 bridgehead atoms. The molecule has 0 fully saturated rings. The fourth-order valence-corrected chi connectivity index (χ4v) is 1.90. The van der Waals surface area contributed by atoms with E-state index in [1.807, 2.05) is 24.3 Å². The summed E-state index contributed by atoms with van der Waals surface area (Å²) in [6.07, 6.45) is 1.78. The minimum atomic E-state index is -0.209. The van der Waals surface area contributed by atoms with Crippen LogP contribution in [0.15, 0.2) is 48.7 Å². The van der Waals surface area contributed by atoms with Crippen LogP contribution >= 0.6 is 0 Å². The van der Waals surface area contributed by atoms with Gasteiger partial charge in [0.05, 0.1) is 11.7 Å². The quantitative estimate of drug-likeness (QED) is 0.738. The summed E-state index contributed by atoms with van der Waals surface area (Å²) in [6, 6.07) is 12.5. The predicted octanol–water partition coefficient (Wildman–Crippen LogP) is 3.31. The number of fused-ring (bicyclic) bond motifs is 1. The number of benzene rings is 2. The molecule has 0 aliphatic carbocycles. The lowest BCUT2D eigenvalue weighted by Gasteiger charge is -2.06. The maximum absolute atomic E-state index is 13.0. The molecule has 0 atom stereocenters. The SMILES string of the molecule is Fc1cccc(CNc2ccc3[nH]ncc3c2)c1. The molecule has 3 nitrogen and oxygen atoms in total. The average Bonchev–Trinajstić information content (AvgIpc) is 2.84. The van der Waals surface area contributed by atoms with Gasteiger partial charge in [0, 0.05) is 17.6 Å². The Bertz CT molecular complexity index is 675. The van der Waals surface area contributed by atoms with Gasteiger partial charge in [-0.15, -0.1) is 0 Å². The van der Waals surface area contributed by atoms with Gasteiger partial charge in [-0.2, -0.15) is 5.10 Å². The summed E-state index contributed by atoms with van der Waals surface area (Å²) < 4.78 is 13.0. The Balaban J connectivity index is 1.76. The van der Waals surface area contributed by atoms with Crippen molar-refractivity contribution in [3.8, 4) is 0 Å². The molecular weight excluding hydrogens is 229 g/mol. The van der Waals surface area contributed by atoms with Crippen LogP contribution in [-0.2, 0) is 6.54 Å². The monoisotopic (exact) mass is 241 g/mol. The van der Waals surface area contributed by atoms with Gasteiger partial charge in [-0.3, -0.25) is 5.10 Å². The van der Waals surface area contributed by atoms with E-state index < -0.39 is 0 Å². The number of rotatable bonds is 3. The third-order valence-electron chi connectivity index (χ3n) is 2.83. The first-order chi connectivity index (χ1) is 8.81. The fourth-order valence-electron chi connectivity index (χ4n) is 1.90. The van der Waals surface area contributed by atoms with Gasteiger partial charge < -0.3 is 5.32 Å². The second-order valence-electron chi connectivity index (χ2n) is 4.16. The van der Waals surface area contributed by atoms with Gasteiger partial charge in [-0.25, -0.2) is 4.39 Å². The van der Waals surface area contributed by atoms with Gasteiger partial charge in [-0.05, 0) is 35.9 Å². The van der Waals surface area contributed by atoms with Crippen LogP contribution < -0.4 is 5.32 Å². The maximum atomic E-state index is 13.0. The van der Waals surface area contributed by atoms with Crippen LogP contribution in [0.25, 0.3) is 10.9 Å². The van der Waals surface area contributed by atoms with Crippen LogP contribution in [0.2, 0.25) is 0 Å². The third-order valence-corrected chi connectivity index (χ3v) is 2.83. The summed E-state index contributed by atoms with van der Waals surface area (Å²) >= 11 is 0. The highest BCUT2D eigenvalue weighted by molar-refractivity contribution is 5.81. The Hall–Kier alpha value is -2.36. The molecule has 0 spiro atoms. The molecule has 90 valence electrons. The molecule has 0 radical (unpaired) electrons. The van der Waals surface area contributed by atoms with Crippen LogP contribution in [-0.4, -0.2) is 10.2 Å². The van der Waals surface area contributed by atoms with Crippen molar-refractivity contribution in [1.29, 1.82) is 0 Å². The number of nitrogens with one attached hydrogen (secondary N) is 2. The second-order valence-corrected chi connectivity index (χ2v) is 4.16. The number of anilines is 1. The molecule has 3 aromatic rings. The van der Waals surface area contributed by atoms with E-state index in [-0.39, 0.29) is 5.82 Å². The van der Waals surface area contributed by atoms with Crippen molar-refractivity contribution in [2.24, 2.45) is 0 Å². The molecule has 3 rings (SSSR count). The molecule has 0 saturated heterocycles. The zero-order valence-electron chi connectivity index (χ0n) is 9.65. The summed E-state index contributed by atoms with van der Waals surface area (Å²) in [7, 11) is 0. The number of aromatic nitrogens is 2. The number of hydrogen-bond acceptors (Lipinski definition) is 2. The molecule has 0 unspecified atom stereocenters. The zero-order chi connectivity index (χ0) is 12.4. The molecule has 0 saturated carbocycles. The molecule has 1 heterocycles. The number of halogens is 1. The number of aromatic amines is 1. The maximum Gasteiger partial charge on any atom is 0.123 e. The highest BCUT2D eigenvalue weighted by Gasteiger charge is 1.99. The molecule has 0 aliphatic heterocycles. The van der Waals surface area contributed by atoms with Crippen molar-refractivity contribution in [3.05, 3.63) is 60.0 Å². The summed E-state index contributed by atoms with van der Waals surface area (Å²) in [6.45, 7) is 0.598. The van der Waals surface area contributed by atoms with E-state index in [0.29, 0.717) is 6.54 Å². The van der Waals surface area contributed by atoms with Crippen LogP contribution in [0.5, 0.6) is 0 Å². The van der Waals surface area contributed by atoms with Crippen LogP contribution in [0.1, 0.15) is 5.56 Å². The van der Waals surface area contributed by atoms with E-state index in [1.54, 1.807) is 12.3 Å². The van der Waals surface area contributed by atoms with Crippen LogP contribution in [0.4, 0.5) is 10.1 Å². The van der Waals surface area contributed by atoms with Gasteiger partial charge in [0.1, 0.15) is 5.82 Å².